The smallest absolute Gasteiger partial charge is 0.336 e. The highest BCUT2D eigenvalue weighted by atomic mass is 16.5. The summed E-state index contributed by atoms with van der Waals surface area (Å²) in [5, 5.41) is 4.10. The van der Waals surface area contributed by atoms with Gasteiger partial charge >= 0.3 is 5.69 Å². The van der Waals surface area contributed by atoms with Gasteiger partial charge < -0.3 is 9.42 Å². The molecule has 2 aromatic heterocycles. The van der Waals surface area contributed by atoms with Gasteiger partial charge in [-0.3, -0.25) is 4.57 Å². The molecule has 1 aliphatic rings. The maximum Gasteiger partial charge on any atom is 0.336 e. The number of hydrogen-bond donors (Lipinski definition) is 0. The van der Waals surface area contributed by atoms with E-state index in [2.05, 4.69) is 28.9 Å². The van der Waals surface area contributed by atoms with Gasteiger partial charge in [-0.2, -0.15) is 4.98 Å². The molecule has 0 radical (unpaired) electrons. The predicted molar refractivity (Wildman–Crippen MR) is 95.1 cm³/mol. The van der Waals surface area contributed by atoms with E-state index < -0.39 is 0 Å². The lowest BCUT2D eigenvalue weighted by Gasteiger charge is -2.19. The number of rotatable bonds is 4. The van der Waals surface area contributed by atoms with E-state index in [1.54, 1.807) is 9.13 Å². The van der Waals surface area contributed by atoms with E-state index in [-0.39, 0.29) is 11.6 Å². The largest absolute Gasteiger partial charge is 0.337 e. The van der Waals surface area contributed by atoms with E-state index in [0.29, 0.717) is 24.4 Å². The Morgan fingerprint density at radius 1 is 1.28 bits per heavy atom. The van der Waals surface area contributed by atoms with Gasteiger partial charge in [-0.05, 0) is 51.0 Å². The summed E-state index contributed by atoms with van der Waals surface area (Å²) < 4.78 is 8.79. The molecule has 0 bridgehead atoms. The second kappa shape index (κ2) is 6.15. The number of hydrogen-bond acceptors (Lipinski definition) is 5. The van der Waals surface area contributed by atoms with E-state index in [1.165, 1.54) is 0 Å². The lowest BCUT2D eigenvalue weighted by molar-refractivity contribution is 0.265. The maximum atomic E-state index is 12.8. The third kappa shape index (κ3) is 2.59. The van der Waals surface area contributed by atoms with Crippen LogP contribution in [0.5, 0.6) is 0 Å². The quantitative estimate of drug-likeness (QED) is 0.729. The summed E-state index contributed by atoms with van der Waals surface area (Å²) in [6.45, 7) is 8.91. The average Bonchev–Trinajstić information content (AvgIpc) is 3.31. The minimum atomic E-state index is -0.133. The number of para-hydroxylation sites is 2. The van der Waals surface area contributed by atoms with Crippen LogP contribution in [0.4, 0.5) is 0 Å². The summed E-state index contributed by atoms with van der Waals surface area (Å²) in [5.41, 5.74) is 1.55. The highest BCUT2D eigenvalue weighted by Crippen LogP contribution is 2.28. The summed E-state index contributed by atoms with van der Waals surface area (Å²) in [5.74, 6) is 1.18. The van der Waals surface area contributed by atoms with Crippen LogP contribution in [0.25, 0.3) is 17.0 Å². The monoisotopic (exact) mass is 341 g/mol. The van der Waals surface area contributed by atoms with Gasteiger partial charge in [0.25, 0.3) is 5.95 Å². The first-order valence-corrected chi connectivity index (χ1v) is 8.88. The molecule has 3 aromatic rings. The molecular weight excluding hydrogens is 318 g/mol. The Labute approximate surface area is 145 Å². The molecular formula is C18H23N5O2. The lowest BCUT2D eigenvalue weighted by atomic mass is 10.1. The molecule has 1 atom stereocenters. The Morgan fingerprint density at radius 3 is 2.72 bits per heavy atom. The zero-order chi connectivity index (χ0) is 17.6. The van der Waals surface area contributed by atoms with E-state index >= 15 is 0 Å². The minimum absolute atomic E-state index is 0.133. The van der Waals surface area contributed by atoms with E-state index in [4.69, 9.17) is 4.52 Å². The molecule has 4 rings (SSSR count). The van der Waals surface area contributed by atoms with Gasteiger partial charge in [0.2, 0.25) is 5.89 Å². The van der Waals surface area contributed by atoms with Crippen molar-refractivity contribution in [3.8, 4) is 5.95 Å². The van der Waals surface area contributed by atoms with Gasteiger partial charge in [-0.25, -0.2) is 9.36 Å². The van der Waals surface area contributed by atoms with Crippen LogP contribution in [-0.2, 0) is 6.54 Å². The second-order valence-electron chi connectivity index (χ2n) is 6.86. The second-order valence-corrected chi connectivity index (χ2v) is 6.86. The third-order valence-electron chi connectivity index (χ3n) is 5.08. The Hall–Kier alpha value is -2.41. The fraction of sp³-hybridized carbons (Fsp3) is 0.500. The Bertz CT molecular complexity index is 952. The summed E-state index contributed by atoms with van der Waals surface area (Å²) >= 11 is 0. The van der Waals surface area contributed by atoms with E-state index in [0.717, 1.165) is 30.5 Å². The number of aromatic nitrogens is 4. The molecule has 1 aromatic carbocycles. The lowest BCUT2D eigenvalue weighted by Crippen LogP contribution is -2.27. The van der Waals surface area contributed by atoms with Crippen molar-refractivity contribution in [2.24, 2.45) is 0 Å². The highest BCUT2D eigenvalue weighted by Gasteiger charge is 2.30. The van der Waals surface area contributed by atoms with Crippen molar-refractivity contribution in [1.82, 2.24) is 24.2 Å². The van der Waals surface area contributed by atoms with Crippen LogP contribution < -0.4 is 5.69 Å². The normalized spacial score (nSPS) is 18.6. The van der Waals surface area contributed by atoms with Gasteiger partial charge in [-0.15, -0.1) is 0 Å². The standard InChI is InChI=1S/C18H23N5O2/c1-4-22-14-7-5-6-8-15(14)23(18(22)24)17-19-16(25-20-17)13-9-10-21(11-13)12(2)3/h5-8,12-13H,4,9-11H2,1-3H3. The van der Waals surface area contributed by atoms with Crippen molar-refractivity contribution in [1.29, 1.82) is 0 Å². The van der Waals surface area contributed by atoms with Gasteiger partial charge in [0.15, 0.2) is 0 Å². The van der Waals surface area contributed by atoms with Crippen LogP contribution in [0.2, 0.25) is 0 Å². The molecule has 132 valence electrons. The van der Waals surface area contributed by atoms with Crippen molar-refractivity contribution >= 4 is 11.0 Å². The molecule has 7 nitrogen and oxygen atoms in total. The van der Waals surface area contributed by atoms with Crippen LogP contribution >= 0.6 is 0 Å². The number of benzene rings is 1. The van der Waals surface area contributed by atoms with Crippen molar-refractivity contribution in [3.63, 3.8) is 0 Å². The molecule has 1 aliphatic heterocycles. The van der Waals surface area contributed by atoms with Gasteiger partial charge in [0, 0.05) is 19.1 Å². The summed E-state index contributed by atoms with van der Waals surface area (Å²) in [7, 11) is 0. The molecule has 1 unspecified atom stereocenters. The zero-order valence-electron chi connectivity index (χ0n) is 14.8. The SMILES string of the molecule is CCn1c(=O)n(-c2noc(C3CCN(C(C)C)C3)n2)c2ccccc21. The molecule has 0 N–H and O–H groups in total. The first kappa shape index (κ1) is 16.1. The molecule has 0 aliphatic carbocycles. The first-order chi connectivity index (χ1) is 12.1. The number of fused-ring (bicyclic) bond motifs is 1. The van der Waals surface area contributed by atoms with E-state index in [1.807, 2.05) is 31.2 Å². The van der Waals surface area contributed by atoms with Crippen molar-refractivity contribution in [2.75, 3.05) is 13.1 Å². The number of aryl methyl sites for hydroxylation is 1. The zero-order valence-corrected chi connectivity index (χ0v) is 14.8. The van der Waals surface area contributed by atoms with Crippen molar-refractivity contribution < 1.29 is 4.52 Å². The number of likely N-dealkylation sites (tertiary alicyclic amines) is 1. The first-order valence-electron chi connectivity index (χ1n) is 8.88. The minimum Gasteiger partial charge on any atom is -0.337 e. The number of imidazole rings is 1. The van der Waals surface area contributed by atoms with Crippen LogP contribution in [-0.4, -0.2) is 43.3 Å². The van der Waals surface area contributed by atoms with Crippen LogP contribution in [0.3, 0.4) is 0 Å². The van der Waals surface area contributed by atoms with Crippen molar-refractivity contribution in [2.45, 2.75) is 45.7 Å². The third-order valence-corrected chi connectivity index (χ3v) is 5.08. The van der Waals surface area contributed by atoms with Gasteiger partial charge in [-0.1, -0.05) is 12.1 Å². The topological polar surface area (TPSA) is 69.1 Å². The fourth-order valence-corrected chi connectivity index (χ4v) is 3.65. The average molecular weight is 341 g/mol. The summed E-state index contributed by atoms with van der Waals surface area (Å²) in [6, 6.07) is 8.21. The fourth-order valence-electron chi connectivity index (χ4n) is 3.65. The molecule has 25 heavy (non-hydrogen) atoms. The van der Waals surface area contributed by atoms with Crippen LogP contribution in [0.1, 0.15) is 39.0 Å². The Morgan fingerprint density at radius 2 is 2.04 bits per heavy atom. The maximum absolute atomic E-state index is 12.8. The molecule has 0 saturated carbocycles. The Kier molecular flexibility index (Phi) is 3.95. The summed E-state index contributed by atoms with van der Waals surface area (Å²) in [4.78, 5) is 19.8. The van der Waals surface area contributed by atoms with Gasteiger partial charge in [0.1, 0.15) is 0 Å². The summed E-state index contributed by atoms with van der Waals surface area (Å²) in [6.07, 6.45) is 1.01. The Balaban J connectivity index is 1.73. The van der Waals surface area contributed by atoms with E-state index in [9.17, 15) is 4.79 Å². The van der Waals surface area contributed by atoms with Crippen molar-refractivity contribution in [3.05, 3.63) is 40.6 Å². The molecule has 0 spiro atoms. The number of nitrogens with zero attached hydrogens (tertiary/aromatic N) is 5. The molecule has 7 heteroatoms. The van der Waals surface area contributed by atoms with Gasteiger partial charge in [0.05, 0.1) is 17.0 Å². The molecule has 1 fully saturated rings. The van der Waals surface area contributed by atoms with Crippen LogP contribution in [0, 0.1) is 0 Å². The van der Waals surface area contributed by atoms with Crippen LogP contribution in [0.15, 0.2) is 33.6 Å². The predicted octanol–water partition coefficient (Wildman–Crippen LogP) is 2.39. The molecule has 3 heterocycles. The highest BCUT2D eigenvalue weighted by molar-refractivity contribution is 5.77. The molecule has 0 amide bonds. The molecule has 1 saturated heterocycles.